The van der Waals surface area contributed by atoms with Gasteiger partial charge < -0.3 is 14.9 Å². The second kappa shape index (κ2) is 7.48. The van der Waals surface area contributed by atoms with E-state index in [1.54, 1.807) is 0 Å². The molecule has 1 aliphatic rings. The zero-order chi connectivity index (χ0) is 14.4. The van der Waals surface area contributed by atoms with Crippen LogP contribution in [-0.4, -0.2) is 60.5 Å². The Bertz CT molecular complexity index is 318. The van der Waals surface area contributed by atoms with Crippen molar-refractivity contribution in [3.63, 3.8) is 0 Å². The number of rotatable bonds is 6. The summed E-state index contributed by atoms with van der Waals surface area (Å²) in [6.07, 6.45) is 4.06. The van der Waals surface area contributed by atoms with Crippen molar-refractivity contribution in [3.05, 3.63) is 0 Å². The number of likely N-dealkylation sites (N-methyl/N-ethyl adjacent to an activating group) is 1. The monoisotopic (exact) mass is 270 g/mol. The molecule has 1 N–H and O–H groups in total. The number of amides is 1. The SMILES string of the molecule is C[C@@H]1CCC[C@H](C(=O)N(CCN(C)C)CC(=O)O)C1. The van der Waals surface area contributed by atoms with E-state index in [1.807, 2.05) is 19.0 Å². The molecule has 5 nitrogen and oxygen atoms in total. The highest BCUT2D eigenvalue weighted by atomic mass is 16.4. The third kappa shape index (κ3) is 5.59. The first-order valence-corrected chi connectivity index (χ1v) is 7.05. The molecule has 0 bridgehead atoms. The number of carbonyl (C=O) groups excluding carboxylic acids is 1. The summed E-state index contributed by atoms with van der Waals surface area (Å²) >= 11 is 0. The van der Waals surface area contributed by atoms with E-state index in [0.29, 0.717) is 19.0 Å². The van der Waals surface area contributed by atoms with Crippen LogP contribution < -0.4 is 0 Å². The molecule has 1 rings (SSSR count). The number of carboxylic acids is 1. The fourth-order valence-corrected chi connectivity index (χ4v) is 2.67. The van der Waals surface area contributed by atoms with E-state index >= 15 is 0 Å². The molecule has 110 valence electrons. The third-order valence-corrected chi connectivity index (χ3v) is 3.74. The van der Waals surface area contributed by atoms with Crippen molar-refractivity contribution in [2.75, 3.05) is 33.7 Å². The predicted molar refractivity (Wildman–Crippen MR) is 73.9 cm³/mol. The van der Waals surface area contributed by atoms with Gasteiger partial charge in [0.25, 0.3) is 0 Å². The molecule has 0 saturated heterocycles. The van der Waals surface area contributed by atoms with Crippen LogP contribution in [0.5, 0.6) is 0 Å². The van der Waals surface area contributed by atoms with E-state index in [0.717, 1.165) is 19.3 Å². The zero-order valence-electron chi connectivity index (χ0n) is 12.3. The molecule has 0 heterocycles. The molecule has 1 amide bonds. The van der Waals surface area contributed by atoms with Gasteiger partial charge in [-0.25, -0.2) is 0 Å². The Labute approximate surface area is 115 Å². The van der Waals surface area contributed by atoms with Gasteiger partial charge in [0.1, 0.15) is 6.54 Å². The molecule has 0 aromatic carbocycles. The van der Waals surface area contributed by atoms with Crippen LogP contribution in [-0.2, 0) is 9.59 Å². The maximum Gasteiger partial charge on any atom is 0.323 e. The maximum atomic E-state index is 12.4. The van der Waals surface area contributed by atoms with Gasteiger partial charge in [-0.05, 0) is 32.9 Å². The summed E-state index contributed by atoms with van der Waals surface area (Å²) in [5, 5.41) is 8.94. The van der Waals surface area contributed by atoms with Gasteiger partial charge in [0.2, 0.25) is 5.91 Å². The van der Waals surface area contributed by atoms with Crippen LogP contribution in [0.3, 0.4) is 0 Å². The quantitative estimate of drug-likeness (QED) is 0.790. The van der Waals surface area contributed by atoms with Gasteiger partial charge in [0.15, 0.2) is 0 Å². The van der Waals surface area contributed by atoms with Gasteiger partial charge in [-0.2, -0.15) is 0 Å². The Morgan fingerprint density at radius 3 is 2.42 bits per heavy atom. The molecule has 1 aliphatic carbocycles. The lowest BCUT2D eigenvalue weighted by Gasteiger charge is -2.31. The largest absolute Gasteiger partial charge is 0.480 e. The van der Waals surface area contributed by atoms with Crippen LogP contribution in [0.1, 0.15) is 32.6 Å². The summed E-state index contributed by atoms with van der Waals surface area (Å²) in [7, 11) is 3.85. The number of hydrogen-bond donors (Lipinski definition) is 1. The third-order valence-electron chi connectivity index (χ3n) is 3.74. The Kier molecular flexibility index (Phi) is 6.28. The van der Waals surface area contributed by atoms with Crippen molar-refractivity contribution in [2.45, 2.75) is 32.6 Å². The molecule has 2 atom stereocenters. The highest BCUT2D eigenvalue weighted by Gasteiger charge is 2.29. The molecule has 1 fully saturated rings. The number of carbonyl (C=O) groups is 2. The standard InChI is InChI=1S/C14H26N2O3/c1-11-5-4-6-12(9-11)14(19)16(10-13(17)18)8-7-15(2)3/h11-12H,4-10H2,1-3H3,(H,17,18)/t11-,12+/m1/s1. The first-order valence-electron chi connectivity index (χ1n) is 7.05. The van der Waals surface area contributed by atoms with Crippen LogP contribution >= 0.6 is 0 Å². The molecule has 19 heavy (non-hydrogen) atoms. The average molecular weight is 270 g/mol. The summed E-state index contributed by atoms with van der Waals surface area (Å²) in [6.45, 7) is 3.17. The van der Waals surface area contributed by atoms with E-state index in [4.69, 9.17) is 5.11 Å². The second-order valence-electron chi connectivity index (χ2n) is 5.93. The van der Waals surface area contributed by atoms with Crippen molar-refractivity contribution in [3.8, 4) is 0 Å². The van der Waals surface area contributed by atoms with Gasteiger partial charge in [0.05, 0.1) is 0 Å². The summed E-state index contributed by atoms with van der Waals surface area (Å²) in [5.41, 5.74) is 0. The van der Waals surface area contributed by atoms with Crippen molar-refractivity contribution >= 4 is 11.9 Å². The van der Waals surface area contributed by atoms with Gasteiger partial charge in [0, 0.05) is 19.0 Å². The van der Waals surface area contributed by atoms with Crippen LogP contribution in [0.4, 0.5) is 0 Å². The predicted octanol–water partition coefficient (Wildman–Crippen LogP) is 1.29. The fourth-order valence-electron chi connectivity index (χ4n) is 2.67. The molecule has 0 radical (unpaired) electrons. The molecule has 1 saturated carbocycles. The number of nitrogens with zero attached hydrogens (tertiary/aromatic N) is 2. The van der Waals surface area contributed by atoms with Crippen LogP contribution in [0.15, 0.2) is 0 Å². The van der Waals surface area contributed by atoms with E-state index in [1.165, 1.54) is 11.3 Å². The van der Waals surface area contributed by atoms with E-state index in [-0.39, 0.29) is 18.4 Å². The molecule has 0 aliphatic heterocycles. The van der Waals surface area contributed by atoms with E-state index in [9.17, 15) is 9.59 Å². The lowest BCUT2D eigenvalue weighted by atomic mass is 9.81. The normalized spacial score (nSPS) is 23.4. The molecule has 0 aromatic rings. The van der Waals surface area contributed by atoms with Crippen molar-refractivity contribution < 1.29 is 14.7 Å². The smallest absolute Gasteiger partial charge is 0.323 e. The van der Waals surface area contributed by atoms with Crippen LogP contribution in [0.2, 0.25) is 0 Å². The fraction of sp³-hybridized carbons (Fsp3) is 0.857. The minimum absolute atomic E-state index is 0.0188. The van der Waals surface area contributed by atoms with Crippen LogP contribution in [0.25, 0.3) is 0 Å². The molecule has 0 aromatic heterocycles. The van der Waals surface area contributed by atoms with Crippen molar-refractivity contribution in [1.29, 1.82) is 0 Å². The summed E-state index contributed by atoms with van der Waals surface area (Å²) in [4.78, 5) is 26.8. The summed E-state index contributed by atoms with van der Waals surface area (Å²) in [6, 6.07) is 0. The summed E-state index contributed by atoms with van der Waals surface area (Å²) in [5.74, 6) is -0.319. The van der Waals surface area contributed by atoms with Crippen molar-refractivity contribution in [1.82, 2.24) is 9.80 Å². The first kappa shape index (κ1) is 16.0. The highest BCUT2D eigenvalue weighted by Crippen LogP contribution is 2.29. The molecule has 0 spiro atoms. The summed E-state index contributed by atoms with van der Waals surface area (Å²) < 4.78 is 0. The van der Waals surface area contributed by atoms with Crippen LogP contribution in [0, 0.1) is 11.8 Å². The van der Waals surface area contributed by atoms with Gasteiger partial charge >= 0.3 is 5.97 Å². The van der Waals surface area contributed by atoms with E-state index in [2.05, 4.69) is 6.92 Å². The molecule has 5 heteroatoms. The Hall–Kier alpha value is -1.10. The minimum atomic E-state index is -0.934. The lowest BCUT2D eigenvalue weighted by Crippen LogP contribution is -2.44. The maximum absolute atomic E-state index is 12.4. The topological polar surface area (TPSA) is 60.9 Å². The number of carboxylic acid groups (broad SMARTS) is 1. The second-order valence-corrected chi connectivity index (χ2v) is 5.93. The molecular weight excluding hydrogens is 244 g/mol. The minimum Gasteiger partial charge on any atom is -0.480 e. The molecular formula is C14H26N2O3. The van der Waals surface area contributed by atoms with E-state index < -0.39 is 5.97 Å². The van der Waals surface area contributed by atoms with Crippen molar-refractivity contribution in [2.24, 2.45) is 11.8 Å². The highest BCUT2D eigenvalue weighted by molar-refractivity contribution is 5.83. The Morgan fingerprint density at radius 2 is 1.89 bits per heavy atom. The van der Waals surface area contributed by atoms with Gasteiger partial charge in [-0.1, -0.05) is 19.8 Å². The Morgan fingerprint density at radius 1 is 1.21 bits per heavy atom. The van der Waals surface area contributed by atoms with Gasteiger partial charge in [-0.3, -0.25) is 9.59 Å². The van der Waals surface area contributed by atoms with Gasteiger partial charge in [-0.15, -0.1) is 0 Å². The lowest BCUT2D eigenvalue weighted by molar-refractivity contribution is -0.147. The molecule has 0 unspecified atom stereocenters. The average Bonchev–Trinajstić information content (AvgIpc) is 2.33. The number of aliphatic carboxylic acids is 1. The zero-order valence-corrected chi connectivity index (χ0v) is 12.3. The first-order chi connectivity index (χ1) is 8.90. The number of hydrogen-bond acceptors (Lipinski definition) is 3. The Balaban J connectivity index is 2.61.